The number of aliphatic hydroxyl groups is 1. The molecule has 0 fully saturated rings. The van der Waals surface area contributed by atoms with E-state index in [2.05, 4.69) is 5.32 Å². The third-order valence-corrected chi connectivity index (χ3v) is 2.93. The highest BCUT2D eigenvalue weighted by Crippen LogP contribution is 2.23. The molecule has 1 amide bonds. The molecule has 0 atom stereocenters. The summed E-state index contributed by atoms with van der Waals surface area (Å²) in [5.74, 6) is -0.193. The van der Waals surface area contributed by atoms with Gasteiger partial charge in [-0.2, -0.15) is 0 Å². The molecule has 0 saturated carbocycles. The fourth-order valence-electron chi connectivity index (χ4n) is 0.992. The predicted octanol–water partition coefficient (Wildman–Crippen LogP) is 1.14. The molecule has 1 aromatic heterocycles. The van der Waals surface area contributed by atoms with Gasteiger partial charge in [0, 0.05) is 17.1 Å². The van der Waals surface area contributed by atoms with Gasteiger partial charge in [0.15, 0.2) is 0 Å². The molecule has 0 aromatic carbocycles. The zero-order valence-corrected chi connectivity index (χ0v) is 9.94. The number of amides is 1. The SMILES string of the molecule is Cc1sc(C(=O)NCC(C)(C)O)cc1N. The third-order valence-electron chi connectivity index (χ3n) is 1.86. The van der Waals surface area contributed by atoms with Gasteiger partial charge in [0.2, 0.25) is 0 Å². The Labute approximate surface area is 93.1 Å². The van der Waals surface area contributed by atoms with Crippen LogP contribution < -0.4 is 11.1 Å². The summed E-state index contributed by atoms with van der Waals surface area (Å²) >= 11 is 1.35. The molecule has 0 saturated heterocycles. The van der Waals surface area contributed by atoms with Crippen molar-refractivity contribution in [3.8, 4) is 0 Å². The van der Waals surface area contributed by atoms with Crippen molar-refractivity contribution in [1.29, 1.82) is 0 Å². The lowest BCUT2D eigenvalue weighted by atomic mass is 10.1. The van der Waals surface area contributed by atoms with Crippen molar-refractivity contribution in [3.63, 3.8) is 0 Å². The highest BCUT2D eigenvalue weighted by molar-refractivity contribution is 7.14. The highest BCUT2D eigenvalue weighted by Gasteiger charge is 2.16. The average molecular weight is 228 g/mol. The van der Waals surface area contributed by atoms with Crippen LogP contribution in [-0.4, -0.2) is 23.2 Å². The molecule has 4 N–H and O–H groups in total. The Bertz CT molecular complexity index is 346. The first-order valence-corrected chi connectivity index (χ1v) is 5.48. The van der Waals surface area contributed by atoms with Crippen LogP contribution in [0.5, 0.6) is 0 Å². The Morgan fingerprint density at radius 1 is 1.67 bits per heavy atom. The van der Waals surface area contributed by atoms with Crippen molar-refractivity contribution in [3.05, 3.63) is 15.8 Å². The molecule has 5 heteroatoms. The monoisotopic (exact) mass is 228 g/mol. The average Bonchev–Trinajstić information content (AvgIpc) is 2.42. The Kier molecular flexibility index (Phi) is 3.36. The second-order valence-corrected chi connectivity index (χ2v) is 5.37. The van der Waals surface area contributed by atoms with Gasteiger partial charge in [0.25, 0.3) is 5.91 Å². The molecule has 0 unspecified atom stereocenters. The number of hydrogen-bond acceptors (Lipinski definition) is 4. The molecule has 0 bridgehead atoms. The molecule has 1 rings (SSSR count). The van der Waals surface area contributed by atoms with E-state index in [1.807, 2.05) is 6.92 Å². The van der Waals surface area contributed by atoms with Gasteiger partial charge in [0.05, 0.1) is 10.5 Å². The molecular formula is C10H16N2O2S. The Morgan fingerprint density at radius 3 is 2.67 bits per heavy atom. The van der Waals surface area contributed by atoms with Crippen LogP contribution in [0.15, 0.2) is 6.07 Å². The molecule has 84 valence electrons. The second kappa shape index (κ2) is 4.20. The summed E-state index contributed by atoms with van der Waals surface area (Å²) in [5.41, 5.74) is 5.38. The summed E-state index contributed by atoms with van der Waals surface area (Å²) in [5, 5.41) is 12.1. The minimum absolute atomic E-state index is 0.193. The molecule has 0 aliphatic heterocycles. The molecule has 0 aliphatic carbocycles. The van der Waals surface area contributed by atoms with Crippen molar-refractivity contribution in [2.24, 2.45) is 0 Å². The topological polar surface area (TPSA) is 75.3 Å². The Balaban J connectivity index is 2.62. The van der Waals surface area contributed by atoms with E-state index in [0.29, 0.717) is 10.6 Å². The molecule has 4 nitrogen and oxygen atoms in total. The smallest absolute Gasteiger partial charge is 0.261 e. The largest absolute Gasteiger partial charge is 0.398 e. The van der Waals surface area contributed by atoms with E-state index < -0.39 is 5.60 Å². The number of thiophene rings is 1. The maximum absolute atomic E-state index is 11.6. The van der Waals surface area contributed by atoms with Gasteiger partial charge in [-0.1, -0.05) is 0 Å². The third kappa shape index (κ3) is 3.53. The van der Waals surface area contributed by atoms with E-state index in [-0.39, 0.29) is 12.5 Å². The number of carbonyl (C=O) groups excluding carboxylic acids is 1. The molecule has 15 heavy (non-hydrogen) atoms. The first kappa shape index (κ1) is 12.0. The summed E-state index contributed by atoms with van der Waals surface area (Å²) in [4.78, 5) is 13.1. The first-order chi connectivity index (χ1) is 6.79. The van der Waals surface area contributed by atoms with Crippen molar-refractivity contribution >= 4 is 22.9 Å². The molecule has 1 aromatic rings. The zero-order chi connectivity index (χ0) is 11.6. The van der Waals surface area contributed by atoms with Crippen molar-refractivity contribution in [1.82, 2.24) is 5.32 Å². The number of nitrogen functional groups attached to an aromatic ring is 1. The van der Waals surface area contributed by atoms with Crippen molar-refractivity contribution < 1.29 is 9.90 Å². The molecule has 1 heterocycles. The fourth-order valence-corrected chi connectivity index (χ4v) is 1.85. The summed E-state index contributed by atoms with van der Waals surface area (Å²) in [7, 11) is 0. The highest BCUT2D eigenvalue weighted by atomic mass is 32.1. The summed E-state index contributed by atoms with van der Waals surface area (Å²) in [6.07, 6.45) is 0. The summed E-state index contributed by atoms with van der Waals surface area (Å²) in [6.45, 7) is 5.37. The minimum Gasteiger partial charge on any atom is -0.398 e. The predicted molar refractivity (Wildman–Crippen MR) is 62.1 cm³/mol. The van der Waals surface area contributed by atoms with E-state index in [1.54, 1.807) is 19.9 Å². The second-order valence-electron chi connectivity index (χ2n) is 4.12. The van der Waals surface area contributed by atoms with Gasteiger partial charge in [-0.3, -0.25) is 4.79 Å². The number of anilines is 1. The van der Waals surface area contributed by atoms with Crippen LogP contribution in [0.25, 0.3) is 0 Å². The number of hydrogen-bond donors (Lipinski definition) is 3. The van der Waals surface area contributed by atoms with E-state index in [0.717, 1.165) is 4.88 Å². The summed E-state index contributed by atoms with van der Waals surface area (Å²) in [6, 6.07) is 1.65. The van der Waals surface area contributed by atoms with E-state index in [4.69, 9.17) is 5.73 Å². The van der Waals surface area contributed by atoms with Crippen LogP contribution in [0.1, 0.15) is 28.4 Å². The van der Waals surface area contributed by atoms with Crippen LogP contribution in [0, 0.1) is 6.92 Å². The van der Waals surface area contributed by atoms with Gasteiger partial charge >= 0.3 is 0 Å². The van der Waals surface area contributed by atoms with Crippen LogP contribution in [-0.2, 0) is 0 Å². The van der Waals surface area contributed by atoms with Crippen LogP contribution in [0.2, 0.25) is 0 Å². The van der Waals surface area contributed by atoms with Crippen LogP contribution in [0.4, 0.5) is 5.69 Å². The molecule has 0 spiro atoms. The lowest BCUT2D eigenvalue weighted by Crippen LogP contribution is -2.37. The van der Waals surface area contributed by atoms with E-state index >= 15 is 0 Å². The van der Waals surface area contributed by atoms with Crippen LogP contribution in [0.3, 0.4) is 0 Å². The minimum atomic E-state index is -0.895. The zero-order valence-electron chi connectivity index (χ0n) is 9.13. The number of carbonyl (C=O) groups is 1. The molecule has 0 aliphatic rings. The van der Waals surface area contributed by atoms with E-state index in [9.17, 15) is 9.90 Å². The van der Waals surface area contributed by atoms with Crippen molar-refractivity contribution in [2.45, 2.75) is 26.4 Å². The Hall–Kier alpha value is -1.07. The van der Waals surface area contributed by atoms with Gasteiger partial charge in [-0.05, 0) is 26.8 Å². The maximum Gasteiger partial charge on any atom is 0.261 e. The van der Waals surface area contributed by atoms with Crippen LogP contribution >= 0.6 is 11.3 Å². The first-order valence-electron chi connectivity index (χ1n) is 4.66. The van der Waals surface area contributed by atoms with Gasteiger partial charge in [0.1, 0.15) is 0 Å². The van der Waals surface area contributed by atoms with Gasteiger partial charge in [-0.25, -0.2) is 0 Å². The lowest BCUT2D eigenvalue weighted by molar-refractivity contribution is 0.0696. The number of nitrogens with two attached hydrogens (primary N) is 1. The van der Waals surface area contributed by atoms with E-state index in [1.165, 1.54) is 11.3 Å². The Morgan fingerprint density at radius 2 is 2.27 bits per heavy atom. The van der Waals surface area contributed by atoms with Crippen molar-refractivity contribution in [2.75, 3.05) is 12.3 Å². The lowest BCUT2D eigenvalue weighted by Gasteiger charge is -2.17. The fraction of sp³-hybridized carbons (Fsp3) is 0.500. The summed E-state index contributed by atoms with van der Waals surface area (Å²) < 4.78 is 0. The van der Waals surface area contributed by atoms with Gasteiger partial charge < -0.3 is 16.2 Å². The molecule has 0 radical (unpaired) electrons. The van der Waals surface area contributed by atoms with Gasteiger partial charge in [-0.15, -0.1) is 11.3 Å². The quantitative estimate of drug-likeness (QED) is 0.726. The number of nitrogens with one attached hydrogen (secondary N) is 1. The number of rotatable bonds is 3. The number of aryl methyl sites for hydroxylation is 1. The maximum atomic E-state index is 11.6. The normalized spacial score (nSPS) is 11.5. The standard InChI is InChI=1S/C10H16N2O2S/c1-6-7(11)4-8(15-6)9(13)12-5-10(2,3)14/h4,14H,5,11H2,1-3H3,(H,12,13). The molecular weight excluding hydrogens is 212 g/mol.